The molecule has 0 saturated heterocycles. The van der Waals surface area contributed by atoms with Crippen LogP contribution < -0.4 is 0 Å². The number of allylic oxidation sites excluding steroid dienone is 3. The summed E-state index contributed by atoms with van der Waals surface area (Å²) in [5.74, 6) is 0.531. The van der Waals surface area contributed by atoms with Crippen LogP contribution in [0.25, 0.3) is 0 Å². The van der Waals surface area contributed by atoms with E-state index in [4.69, 9.17) is 10.1 Å². The minimum absolute atomic E-state index is 0.268. The average molecular weight is 436 g/mol. The molecular formula is C30H45NO. The molecular weight excluding hydrogens is 390 g/mol. The first-order chi connectivity index (χ1) is 15.3. The Kier molecular flexibility index (Phi) is 15.8. The van der Waals surface area contributed by atoms with E-state index in [1.165, 1.54) is 16.7 Å². The van der Waals surface area contributed by atoms with Crippen molar-refractivity contribution in [1.29, 1.82) is 5.41 Å². The van der Waals surface area contributed by atoms with Gasteiger partial charge in [-0.05, 0) is 61.8 Å². The quantitative estimate of drug-likeness (QED) is 0.326. The fourth-order valence-electron chi connectivity index (χ4n) is 3.07. The van der Waals surface area contributed by atoms with E-state index >= 15 is 0 Å². The van der Waals surface area contributed by atoms with Gasteiger partial charge in [0.2, 0.25) is 0 Å². The lowest BCUT2D eigenvalue weighted by atomic mass is 9.94. The third kappa shape index (κ3) is 11.2. The van der Waals surface area contributed by atoms with Crippen molar-refractivity contribution in [2.24, 2.45) is 0 Å². The van der Waals surface area contributed by atoms with Crippen LogP contribution in [0.4, 0.5) is 0 Å². The molecule has 0 spiro atoms. The first-order valence-electron chi connectivity index (χ1n) is 11.9. The fraction of sp³-hybridized carbons (Fsp3) is 0.433. The van der Waals surface area contributed by atoms with Crippen LogP contribution in [0.5, 0.6) is 0 Å². The van der Waals surface area contributed by atoms with E-state index in [-0.39, 0.29) is 6.10 Å². The molecule has 32 heavy (non-hydrogen) atoms. The van der Waals surface area contributed by atoms with Crippen LogP contribution in [0.3, 0.4) is 0 Å². The van der Waals surface area contributed by atoms with Gasteiger partial charge in [0.15, 0.2) is 0 Å². The minimum Gasteiger partial charge on any atom is -0.378 e. The maximum atomic E-state index is 8.27. The lowest BCUT2D eigenvalue weighted by Crippen LogP contribution is -2.01. The summed E-state index contributed by atoms with van der Waals surface area (Å²) in [5, 5.41) is 8.27. The molecule has 2 nitrogen and oxygen atoms in total. The van der Waals surface area contributed by atoms with Gasteiger partial charge in [0.05, 0.1) is 11.8 Å². The third-order valence-corrected chi connectivity index (χ3v) is 5.21. The summed E-state index contributed by atoms with van der Waals surface area (Å²) in [6.45, 7) is 16.8. The highest BCUT2D eigenvalue weighted by Gasteiger charge is 2.06. The normalized spacial score (nSPS) is 12.3. The Hall–Kier alpha value is -2.45. The smallest absolute Gasteiger partial charge is 0.0726 e. The number of hydrogen-bond donors (Lipinski definition) is 1. The van der Waals surface area contributed by atoms with Crippen LogP contribution in [0.1, 0.15) is 84.4 Å². The molecule has 0 aliphatic heterocycles. The van der Waals surface area contributed by atoms with E-state index in [1.54, 1.807) is 7.11 Å². The van der Waals surface area contributed by atoms with Crippen molar-refractivity contribution in [2.75, 3.05) is 7.11 Å². The molecule has 0 aliphatic carbocycles. The molecule has 0 saturated carbocycles. The predicted molar refractivity (Wildman–Crippen MR) is 143 cm³/mol. The Morgan fingerprint density at radius 2 is 1.50 bits per heavy atom. The van der Waals surface area contributed by atoms with Crippen molar-refractivity contribution < 1.29 is 4.74 Å². The average Bonchev–Trinajstić information content (AvgIpc) is 2.84. The van der Waals surface area contributed by atoms with Gasteiger partial charge in [-0.15, -0.1) is 0 Å². The number of nitrogens with one attached hydrogen (secondary N) is 1. The van der Waals surface area contributed by atoms with Gasteiger partial charge in [-0.1, -0.05) is 107 Å². The molecule has 0 amide bonds. The van der Waals surface area contributed by atoms with Crippen LogP contribution in [-0.4, -0.2) is 18.9 Å². The summed E-state index contributed by atoms with van der Waals surface area (Å²) >= 11 is 0. The van der Waals surface area contributed by atoms with Gasteiger partial charge < -0.3 is 10.1 Å². The second-order valence-electron chi connectivity index (χ2n) is 7.99. The van der Waals surface area contributed by atoms with Gasteiger partial charge >= 0.3 is 0 Å². The van der Waals surface area contributed by atoms with Crippen LogP contribution >= 0.6 is 0 Å². The third-order valence-electron chi connectivity index (χ3n) is 5.21. The molecule has 2 aromatic rings. The molecule has 0 aromatic heterocycles. The fourth-order valence-corrected chi connectivity index (χ4v) is 3.07. The highest BCUT2D eigenvalue weighted by molar-refractivity contribution is 6.10. The Balaban J connectivity index is 0.000000738. The highest BCUT2D eigenvalue weighted by atomic mass is 16.5. The Bertz CT molecular complexity index is 831. The van der Waals surface area contributed by atoms with Crippen molar-refractivity contribution in [3.05, 3.63) is 94.6 Å². The minimum atomic E-state index is 0.268. The SMILES string of the molecule is C/C(=C/Cc1ccccc1C(C)C)C(=N)c1ccccc1.CC.CC/C(C)=C\C(C)OC. The molecule has 0 radical (unpaired) electrons. The Morgan fingerprint density at radius 1 is 0.938 bits per heavy atom. The van der Waals surface area contributed by atoms with Crippen LogP contribution in [0.15, 0.2) is 77.9 Å². The second kappa shape index (κ2) is 17.1. The zero-order chi connectivity index (χ0) is 24.5. The van der Waals surface area contributed by atoms with Gasteiger partial charge in [0.25, 0.3) is 0 Å². The number of benzene rings is 2. The van der Waals surface area contributed by atoms with Crippen LogP contribution in [0.2, 0.25) is 0 Å². The standard InChI is InChI=1S/C20H23N.C8H16O.C2H6/c1-15(2)19-12-8-7-9-17(19)14-13-16(3)20(21)18-10-5-4-6-11-18;1-5-7(2)6-8(3)9-4;1-2/h4-13,15,21H,14H2,1-3H3;6,8H,5H2,1-4H3;1-2H3/b16-13-,21-20?;7-6-;. The molecule has 2 rings (SSSR count). The van der Waals surface area contributed by atoms with Gasteiger partial charge in [0.1, 0.15) is 0 Å². The number of rotatable bonds is 8. The summed E-state index contributed by atoms with van der Waals surface area (Å²) in [7, 11) is 1.73. The lowest BCUT2D eigenvalue weighted by Gasteiger charge is -2.11. The Labute approximate surface area is 197 Å². The molecule has 0 fully saturated rings. The van der Waals surface area contributed by atoms with Crippen molar-refractivity contribution in [3.63, 3.8) is 0 Å². The maximum absolute atomic E-state index is 8.27. The van der Waals surface area contributed by atoms with Gasteiger partial charge in [-0.2, -0.15) is 0 Å². The summed E-state index contributed by atoms with van der Waals surface area (Å²) in [6, 6.07) is 18.5. The molecule has 2 heteroatoms. The topological polar surface area (TPSA) is 33.1 Å². The first-order valence-corrected chi connectivity index (χ1v) is 11.9. The molecule has 0 aliphatic rings. The molecule has 2 aromatic carbocycles. The first kappa shape index (κ1) is 29.5. The summed E-state index contributed by atoms with van der Waals surface area (Å²) in [4.78, 5) is 0. The number of ether oxygens (including phenoxy) is 1. The van der Waals surface area contributed by atoms with E-state index in [1.807, 2.05) is 58.0 Å². The van der Waals surface area contributed by atoms with E-state index < -0.39 is 0 Å². The largest absolute Gasteiger partial charge is 0.378 e. The number of hydrogen-bond acceptors (Lipinski definition) is 2. The van der Waals surface area contributed by atoms with Crippen molar-refractivity contribution >= 4 is 5.71 Å². The van der Waals surface area contributed by atoms with Crippen molar-refractivity contribution in [1.82, 2.24) is 0 Å². The van der Waals surface area contributed by atoms with E-state index in [9.17, 15) is 0 Å². The highest BCUT2D eigenvalue weighted by Crippen LogP contribution is 2.20. The monoisotopic (exact) mass is 435 g/mol. The van der Waals surface area contributed by atoms with Crippen LogP contribution in [-0.2, 0) is 11.2 Å². The Morgan fingerprint density at radius 3 is 2.03 bits per heavy atom. The van der Waals surface area contributed by atoms with Gasteiger partial charge in [-0.3, -0.25) is 0 Å². The molecule has 0 bridgehead atoms. The van der Waals surface area contributed by atoms with E-state index in [0.29, 0.717) is 11.6 Å². The molecule has 1 unspecified atom stereocenters. The van der Waals surface area contributed by atoms with Crippen molar-refractivity contribution in [2.45, 2.75) is 80.3 Å². The van der Waals surface area contributed by atoms with Crippen LogP contribution in [0, 0.1) is 5.41 Å². The van der Waals surface area contributed by atoms with Crippen molar-refractivity contribution in [3.8, 4) is 0 Å². The second-order valence-corrected chi connectivity index (χ2v) is 7.99. The molecule has 1 N–H and O–H groups in total. The van der Waals surface area contributed by atoms with E-state index in [2.05, 4.69) is 64.1 Å². The number of methoxy groups -OCH3 is 1. The van der Waals surface area contributed by atoms with Gasteiger partial charge in [0, 0.05) is 7.11 Å². The summed E-state index contributed by atoms with van der Waals surface area (Å²) in [6.07, 6.45) is 6.57. The maximum Gasteiger partial charge on any atom is 0.0726 e. The zero-order valence-electron chi connectivity index (χ0n) is 21.8. The molecule has 1 atom stereocenters. The summed E-state index contributed by atoms with van der Waals surface area (Å²) < 4.78 is 5.05. The predicted octanol–water partition coefficient (Wildman–Crippen LogP) is 8.77. The lowest BCUT2D eigenvalue weighted by molar-refractivity contribution is 0.155. The molecule has 0 heterocycles. The molecule has 176 valence electrons. The van der Waals surface area contributed by atoms with Gasteiger partial charge in [-0.25, -0.2) is 0 Å². The van der Waals surface area contributed by atoms with E-state index in [0.717, 1.165) is 24.0 Å². The summed E-state index contributed by atoms with van der Waals surface area (Å²) in [5.41, 5.74) is 6.76. The zero-order valence-corrected chi connectivity index (χ0v) is 21.8.